The summed E-state index contributed by atoms with van der Waals surface area (Å²) >= 11 is 1.89. The fraction of sp³-hybridized carbons (Fsp3) is 0.250. The molecule has 1 N–H and O–H groups in total. The summed E-state index contributed by atoms with van der Waals surface area (Å²) < 4.78 is 2.36. The van der Waals surface area contributed by atoms with Crippen molar-refractivity contribution < 1.29 is 4.79 Å². The van der Waals surface area contributed by atoms with E-state index in [1.165, 1.54) is 24.9 Å². The Morgan fingerprint density at radius 2 is 1.85 bits per heavy atom. The van der Waals surface area contributed by atoms with Crippen LogP contribution < -0.4 is 9.62 Å². The van der Waals surface area contributed by atoms with Crippen LogP contribution in [0.15, 0.2) is 67.0 Å². The highest BCUT2D eigenvalue weighted by molar-refractivity contribution is 8.00. The van der Waals surface area contributed by atoms with Gasteiger partial charge in [-0.2, -0.15) is 0 Å². The van der Waals surface area contributed by atoms with E-state index < -0.39 is 0 Å². The Labute approximate surface area is 204 Å². The van der Waals surface area contributed by atoms with Crippen LogP contribution in [0.5, 0.6) is 0 Å². The van der Waals surface area contributed by atoms with Crippen LogP contribution in [-0.2, 0) is 0 Å². The van der Waals surface area contributed by atoms with Gasteiger partial charge in [-0.1, -0.05) is 12.5 Å². The molecule has 5 rings (SSSR count). The minimum atomic E-state index is -0.102. The lowest BCUT2D eigenvalue weighted by Crippen LogP contribution is -2.17. The number of benzene rings is 2. The molecule has 0 spiro atoms. The molecule has 0 saturated carbocycles. The van der Waals surface area contributed by atoms with Gasteiger partial charge in [0.05, 0.1) is 11.2 Å². The summed E-state index contributed by atoms with van der Waals surface area (Å²) in [5, 5.41) is 4.09. The van der Waals surface area contributed by atoms with Crippen molar-refractivity contribution >= 4 is 40.1 Å². The Morgan fingerprint density at radius 3 is 2.74 bits per heavy atom. The normalized spacial score (nSPS) is 14.1. The molecule has 0 bridgehead atoms. The first-order valence-electron chi connectivity index (χ1n) is 11.7. The standard InChI is InChI=1S/C28H28N4OS/c1-19-8-9-21(18-25(19)27-24-7-6-13-29-26(24)12-14-30-27)31-28(33)23-11-10-22(17-20(23)2)32-15-4-3-5-16-34-32/h6-14,17-18H,3-5,15-16H2,1-2H3,(H,31,33). The van der Waals surface area contributed by atoms with Gasteiger partial charge in [-0.05, 0) is 98.3 Å². The number of anilines is 2. The van der Waals surface area contributed by atoms with Crippen molar-refractivity contribution in [3.63, 3.8) is 0 Å². The van der Waals surface area contributed by atoms with E-state index in [9.17, 15) is 4.79 Å². The fourth-order valence-electron chi connectivity index (χ4n) is 4.41. The number of nitrogens with zero attached hydrogens (tertiary/aromatic N) is 3. The fourth-order valence-corrected chi connectivity index (χ4v) is 5.48. The quantitative estimate of drug-likeness (QED) is 0.334. The number of rotatable bonds is 4. The Morgan fingerprint density at radius 1 is 0.941 bits per heavy atom. The summed E-state index contributed by atoms with van der Waals surface area (Å²) in [6.07, 6.45) is 7.33. The van der Waals surface area contributed by atoms with Crippen LogP contribution in [0.1, 0.15) is 40.7 Å². The largest absolute Gasteiger partial charge is 0.322 e. The molecule has 0 unspecified atom stereocenters. The number of fused-ring (bicyclic) bond motifs is 1. The molecule has 3 heterocycles. The first kappa shape index (κ1) is 22.4. The predicted molar refractivity (Wildman–Crippen MR) is 142 cm³/mol. The second-order valence-corrected chi connectivity index (χ2v) is 9.82. The van der Waals surface area contributed by atoms with E-state index in [1.54, 1.807) is 12.4 Å². The van der Waals surface area contributed by atoms with Crippen LogP contribution in [0.3, 0.4) is 0 Å². The zero-order valence-electron chi connectivity index (χ0n) is 19.5. The summed E-state index contributed by atoms with van der Waals surface area (Å²) in [5.74, 6) is 1.05. The number of carbonyl (C=O) groups is 1. The molecule has 1 aliphatic rings. The highest BCUT2D eigenvalue weighted by Crippen LogP contribution is 2.31. The van der Waals surface area contributed by atoms with Gasteiger partial charge in [0, 0.05) is 52.6 Å². The maximum Gasteiger partial charge on any atom is 0.255 e. The maximum atomic E-state index is 13.2. The van der Waals surface area contributed by atoms with E-state index in [1.807, 2.05) is 61.3 Å². The number of pyridine rings is 2. The van der Waals surface area contributed by atoms with E-state index in [-0.39, 0.29) is 5.91 Å². The van der Waals surface area contributed by atoms with Gasteiger partial charge in [0.1, 0.15) is 0 Å². The van der Waals surface area contributed by atoms with Crippen molar-refractivity contribution in [1.82, 2.24) is 9.97 Å². The molecule has 34 heavy (non-hydrogen) atoms. The topological polar surface area (TPSA) is 58.1 Å². The third-order valence-electron chi connectivity index (χ3n) is 6.28. The number of aryl methyl sites for hydroxylation is 2. The molecule has 172 valence electrons. The van der Waals surface area contributed by atoms with Gasteiger partial charge >= 0.3 is 0 Å². The van der Waals surface area contributed by atoms with Crippen LogP contribution >= 0.6 is 11.9 Å². The monoisotopic (exact) mass is 468 g/mol. The van der Waals surface area contributed by atoms with Gasteiger partial charge in [-0.25, -0.2) is 0 Å². The van der Waals surface area contributed by atoms with Crippen LogP contribution in [0.4, 0.5) is 11.4 Å². The zero-order chi connectivity index (χ0) is 23.5. The Hall–Kier alpha value is -3.38. The minimum absolute atomic E-state index is 0.102. The molecule has 2 aromatic carbocycles. The minimum Gasteiger partial charge on any atom is -0.322 e. The highest BCUT2D eigenvalue weighted by atomic mass is 32.2. The van der Waals surface area contributed by atoms with E-state index >= 15 is 0 Å². The van der Waals surface area contributed by atoms with Gasteiger partial charge < -0.3 is 9.62 Å². The van der Waals surface area contributed by atoms with E-state index in [0.29, 0.717) is 5.56 Å². The lowest BCUT2D eigenvalue weighted by molar-refractivity contribution is 0.102. The lowest BCUT2D eigenvalue weighted by atomic mass is 10.0. The van der Waals surface area contributed by atoms with Gasteiger partial charge in [0.15, 0.2) is 0 Å². The third-order valence-corrected chi connectivity index (χ3v) is 7.45. The summed E-state index contributed by atoms with van der Waals surface area (Å²) in [5.41, 5.74) is 7.45. The molecule has 2 aromatic heterocycles. The molecule has 4 aromatic rings. The van der Waals surface area contributed by atoms with Crippen LogP contribution in [0.25, 0.3) is 22.2 Å². The molecule has 6 heteroatoms. The number of carbonyl (C=O) groups excluding carboxylic acids is 1. The molecule has 1 aliphatic heterocycles. The van der Waals surface area contributed by atoms with Gasteiger partial charge in [-0.15, -0.1) is 0 Å². The second-order valence-electron chi connectivity index (χ2n) is 8.71. The molecule has 1 amide bonds. The smallest absolute Gasteiger partial charge is 0.255 e. The van der Waals surface area contributed by atoms with Crippen molar-refractivity contribution in [2.45, 2.75) is 33.1 Å². The lowest BCUT2D eigenvalue weighted by Gasteiger charge is -2.22. The molecule has 0 radical (unpaired) electrons. The number of hydrogen-bond acceptors (Lipinski definition) is 5. The molecule has 1 fully saturated rings. The maximum absolute atomic E-state index is 13.2. The number of amides is 1. The van der Waals surface area contributed by atoms with E-state index in [4.69, 9.17) is 0 Å². The van der Waals surface area contributed by atoms with Crippen LogP contribution in [-0.4, -0.2) is 28.2 Å². The van der Waals surface area contributed by atoms with Crippen molar-refractivity contribution in [2.24, 2.45) is 0 Å². The van der Waals surface area contributed by atoms with Gasteiger partial charge in [0.25, 0.3) is 5.91 Å². The van der Waals surface area contributed by atoms with Crippen molar-refractivity contribution in [1.29, 1.82) is 0 Å². The summed E-state index contributed by atoms with van der Waals surface area (Å²) in [4.78, 5) is 22.2. The van der Waals surface area contributed by atoms with E-state index in [0.717, 1.165) is 51.3 Å². The van der Waals surface area contributed by atoms with Crippen LogP contribution in [0, 0.1) is 13.8 Å². The molecular formula is C28H28N4OS. The first-order chi connectivity index (χ1) is 16.6. The Bertz CT molecular complexity index is 1340. The predicted octanol–water partition coefficient (Wildman–Crippen LogP) is 6.80. The SMILES string of the molecule is Cc1cc(N2CCCCCS2)ccc1C(=O)Nc1ccc(C)c(-c2nccc3ncccc23)c1. The molecule has 0 aliphatic carbocycles. The summed E-state index contributed by atoms with van der Waals surface area (Å²) in [6, 6.07) is 18.0. The van der Waals surface area contributed by atoms with Crippen LogP contribution in [0.2, 0.25) is 0 Å². The van der Waals surface area contributed by atoms with Crippen molar-refractivity contribution in [2.75, 3.05) is 21.9 Å². The highest BCUT2D eigenvalue weighted by Gasteiger charge is 2.16. The van der Waals surface area contributed by atoms with Crippen molar-refractivity contribution in [3.8, 4) is 11.3 Å². The Balaban J connectivity index is 1.40. The number of hydrogen-bond donors (Lipinski definition) is 1. The zero-order valence-corrected chi connectivity index (χ0v) is 20.4. The number of nitrogens with one attached hydrogen (secondary N) is 1. The average Bonchev–Trinajstić information content (AvgIpc) is 3.14. The van der Waals surface area contributed by atoms with Gasteiger partial charge in [-0.3, -0.25) is 14.8 Å². The summed E-state index contributed by atoms with van der Waals surface area (Å²) in [7, 11) is 0. The summed E-state index contributed by atoms with van der Waals surface area (Å²) in [6.45, 7) is 5.12. The molecule has 5 nitrogen and oxygen atoms in total. The average molecular weight is 469 g/mol. The molecular weight excluding hydrogens is 440 g/mol. The van der Waals surface area contributed by atoms with E-state index in [2.05, 4.69) is 38.6 Å². The Kier molecular flexibility index (Phi) is 6.50. The second kappa shape index (κ2) is 9.85. The number of aromatic nitrogens is 2. The first-order valence-corrected chi connectivity index (χ1v) is 12.7. The molecule has 0 atom stereocenters. The van der Waals surface area contributed by atoms with Crippen molar-refractivity contribution in [3.05, 3.63) is 83.7 Å². The molecule has 1 saturated heterocycles. The third kappa shape index (κ3) is 4.64. The van der Waals surface area contributed by atoms with Gasteiger partial charge in [0.2, 0.25) is 0 Å².